The summed E-state index contributed by atoms with van der Waals surface area (Å²) in [7, 11) is 0. The van der Waals surface area contributed by atoms with Gasteiger partial charge in [-0.05, 0) is 36.9 Å². The van der Waals surface area contributed by atoms with E-state index in [1.165, 1.54) is 29.3 Å². The van der Waals surface area contributed by atoms with Gasteiger partial charge in [0.05, 0.1) is 17.8 Å². The first-order valence-corrected chi connectivity index (χ1v) is 9.20. The average Bonchev–Trinajstić information content (AvgIpc) is 2.72. The standard InChI is InChI=1S/C20H23FN4O3/c1-2-23-8-10-24(11-9-23)20(28)25(18-5-3-4-16(21)12-18)14-17-7-6-15(13-22-17)19(26)27/h3-7,12-13H,2,8-11,14H2,1H3,(H,26,27). The second kappa shape index (κ2) is 8.79. The van der Waals surface area contributed by atoms with E-state index in [9.17, 15) is 14.0 Å². The number of pyridine rings is 1. The third kappa shape index (κ3) is 4.64. The van der Waals surface area contributed by atoms with Crippen LogP contribution in [-0.2, 0) is 6.54 Å². The van der Waals surface area contributed by atoms with Crippen LogP contribution in [0, 0.1) is 5.82 Å². The third-order valence-corrected chi connectivity index (χ3v) is 4.83. The minimum atomic E-state index is -1.06. The summed E-state index contributed by atoms with van der Waals surface area (Å²) >= 11 is 0. The lowest BCUT2D eigenvalue weighted by atomic mass is 10.2. The van der Waals surface area contributed by atoms with Crippen molar-refractivity contribution in [2.75, 3.05) is 37.6 Å². The number of carboxylic acids is 1. The predicted molar refractivity (Wildman–Crippen MR) is 103 cm³/mol. The Morgan fingerprint density at radius 2 is 1.93 bits per heavy atom. The SMILES string of the molecule is CCN1CCN(C(=O)N(Cc2ccc(C(=O)O)cn2)c2cccc(F)c2)CC1. The first-order valence-electron chi connectivity index (χ1n) is 9.20. The molecule has 1 fully saturated rings. The molecule has 2 aromatic rings. The normalized spacial score (nSPS) is 14.7. The lowest BCUT2D eigenvalue weighted by molar-refractivity contribution is 0.0696. The molecule has 1 aliphatic rings. The van der Waals surface area contributed by atoms with Crippen molar-refractivity contribution in [1.29, 1.82) is 0 Å². The summed E-state index contributed by atoms with van der Waals surface area (Å²) in [6.45, 7) is 5.94. The lowest BCUT2D eigenvalue weighted by Gasteiger charge is -2.37. The zero-order valence-electron chi connectivity index (χ0n) is 15.7. The van der Waals surface area contributed by atoms with E-state index in [1.54, 1.807) is 23.1 Å². The predicted octanol–water partition coefficient (Wildman–Crippen LogP) is 2.68. The van der Waals surface area contributed by atoms with Crippen molar-refractivity contribution in [2.24, 2.45) is 0 Å². The van der Waals surface area contributed by atoms with Crippen molar-refractivity contribution >= 4 is 17.7 Å². The van der Waals surface area contributed by atoms with Crippen molar-refractivity contribution in [3.63, 3.8) is 0 Å². The molecule has 1 aliphatic heterocycles. The van der Waals surface area contributed by atoms with Crippen molar-refractivity contribution in [1.82, 2.24) is 14.8 Å². The molecule has 8 heteroatoms. The summed E-state index contributed by atoms with van der Waals surface area (Å²) in [5.74, 6) is -1.49. The fraction of sp³-hybridized carbons (Fsp3) is 0.350. The van der Waals surface area contributed by atoms with E-state index in [0.717, 1.165) is 19.6 Å². The van der Waals surface area contributed by atoms with Crippen LogP contribution in [0.1, 0.15) is 23.0 Å². The van der Waals surface area contributed by atoms with Gasteiger partial charge in [0, 0.05) is 38.1 Å². The Hall–Kier alpha value is -3.00. The van der Waals surface area contributed by atoms with E-state index in [2.05, 4.69) is 16.8 Å². The number of carbonyl (C=O) groups is 2. The van der Waals surface area contributed by atoms with Gasteiger partial charge >= 0.3 is 12.0 Å². The van der Waals surface area contributed by atoms with Gasteiger partial charge in [-0.25, -0.2) is 14.0 Å². The molecule has 0 aliphatic carbocycles. The molecule has 1 aromatic heterocycles. The molecule has 0 radical (unpaired) electrons. The fourth-order valence-electron chi connectivity index (χ4n) is 3.15. The number of aromatic nitrogens is 1. The van der Waals surface area contributed by atoms with Gasteiger partial charge in [0.2, 0.25) is 0 Å². The van der Waals surface area contributed by atoms with Crippen LogP contribution in [0.5, 0.6) is 0 Å². The molecule has 0 unspecified atom stereocenters. The second-order valence-electron chi connectivity index (χ2n) is 6.61. The number of amides is 2. The van der Waals surface area contributed by atoms with Crippen LogP contribution >= 0.6 is 0 Å². The largest absolute Gasteiger partial charge is 0.478 e. The molecule has 2 amide bonds. The van der Waals surface area contributed by atoms with Gasteiger partial charge in [-0.2, -0.15) is 0 Å². The number of benzene rings is 1. The highest BCUT2D eigenvalue weighted by molar-refractivity contribution is 5.92. The number of carboxylic acid groups (broad SMARTS) is 1. The summed E-state index contributed by atoms with van der Waals surface area (Å²) in [6.07, 6.45) is 1.26. The minimum absolute atomic E-state index is 0.0723. The van der Waals surface area contributed by atoms with Crippen molar-refractivity contribution in [3.8, 4) is 0 Å². The Kier molecular flexibility index (Phi) is 6.20. The minimum Gasteiger partial charge on any atom is -0.478 e. The maximum atomic E-state index is 13.8. The Morgan fingerprint density at radius 1 is 1.18 bits per heavy atom. The van der Waals surface area contributed by atoms with E-state index in [0.29, 0.717) is 24.5 Å². The molecule has 0 atom stereocenters. The number of anilines is 1. The number of hydrogen-bond donors (Lipinski definition) is 1. The zero-order valence-corrected chi connectivity index (χ0v) is 15.7. The number of nitrogens with zero attached hydrogens (tertiary/aromatic N) is 4. The van der Waals surface area contributed by atoms with E-state index >= 15 is 0 Å². The summed E-state index contributed by atoms with van der Waals surface area (Å²) in [6, 6.07) is 8.66. The number of urea groups is 1. The Bertz CT molecular complexity index is 836. The first-order chi connectivity index (χ1) is 13.5. The highest BCUT2D eigenvalue weighted by atomic mass is 19.1. The Balaban J connectivity index is 1.83. The van der Waals surface area contributed by atoms with Gasteiger partial charge in [0.15, 0.2) is 0 Å². The van der Waals surface area contributed by atoms with E-state index in [1.807, 2.05) is 0 Å². The molecule has 3 rings (SSSR count). The molecule has 0 bridgehead atoms. The molecule has 2 heterocycles. The number of hydrogen-bond acceptors (Lipinski definition) is 4. The van der Waals surface area contributed by atoms with Crippen LogP contribution in [-0.4, -0.2) is 64.6 Å². The van der Waals surface area contributed by atoms with E-state index < -0.39 is 11.8 Å². The van der Waals surface area contributed by atoms with Crippen LogP contribution in [0.25, 0.3) is 0 Å². The molecule has 1 N–H and O–H groups in total. The average molecular weight is 386 g/mol. The molecular weight excluding hydrogens is 363 g/mol. The van der Waals surface area contributed by atoms with Crippen molar-refractivity contribution in [2.45, 2.75) is 13.5 Å². The molecular formula is C20H23FN4O3. The highest BCUT2D eigenvalue weighted by Crippen LogP contribution is 2.21. The Morgan fingerprint density at radius 3 is 2.50 bits per heavy atom. The number of aromatic carboxylic acids is 1. The highest BCUT2D eigenvalue weighted by Gasteiger charge is 2.26. The fourth-order valence-corrected chi connectivity index (χ4v) is 3.15. The number of halogens is 1. The number of likely N-dealkylation sites (N-methyl/N-ethyl adjacent to an activating group) is 1. The van der Waals surface area contributed by atoms with E-state index in [4.69, 9.17) is 5.11 Å². The summed E-state index contributed by atoms with van der Waals surface area (Å²) in [5.41, 5.74) is 1.03. The van der Waals surface area contributed by atoms with E-state index in [-0.39, 0.29) is 18.1 Å². The van der Waals surface area contributed by atoms with Crippen LogP contribution in [0.2, 0.25) is 0 Å². The third-order valence-electron chi connectivity index (χ3n) is 4.83. The zero-order chi connectivity index (χ0) is 20.1. The Labute approximate surface area is 163 Å². The van der Waals surface area contributed by atoms with Gasteiger partial charge in [-0.15, -0.1) is 0 Å². The van der Waals surface area contributed by atoms with Gasteiger partial charge in [0.1, 0.15) is 5.82 Å². The van der Waals surface area contributed by atoms with Gasteiger partial charge < -0.3 is 14.9 Å². The summed E-state index contributed by atoms with van der Waals surface area (Å²) in [4.78, 5) is 33.8. The van der Waals surface area contributed by atoms with Gasteiger partial charge in [-0.3, -0.25) is 9.88 Å². The molecule has 1 saturated heterocycles. The number of piperazine rings is 1. The summed E-state index contributed by atoms with van der Waals surface area (Å²) in [5, 5.41) is 9.01. The maximum Gasteiger partial charge on any atom is 0.337 e. The monoisotopic (exact) mass is 386 g/mol. The molecule has 0 saturated carbocycles. The molecule has 1 aromatic carbocycles. The maximum absolute atomic E-state index is 13.8. The molecule has 7 nitrogen and oxygen atoms in total. The first kappa shape index (κ1) is 19.8. The molecule has 28 heavy (non-hydrogen) atoms. The lowest BCUT2D eigenvalue weighted by Crippen LogP contribution is -2.52. The van der Waals surface area contributed by atoms with Crippen LogP contribution in [0.3, 0.4) is 0 Å². The molecule has 148 valence electrons. The smallest absolute Gasteiger partial charge is 0.337 e. The van der Waals surface area contributed by atoms with Crippen molar-refractivity contribution < 1.29 is 19.1 Å². The van der Waals surface area contributed by atoms with Crippen LogP contribution in [0.15, 0.2) is 42.6 Å². The quantitative estimate of drug-likeness (QED) is 0.855. The number of rotatable bonds is 5. The van der Waals surface area contributed by atoms with Crippen molar-refractivity contribution in [3.05, 3.63) is 59.7 Å². The van der Waals surface area contributed by atoms with Gasteiger partial charge in [-0.1, -0.05) is 13.0 Å². The molecule has 0 spiro atoms. The topological polar surface area (TPSA) is 77.0 Å². The van der Waals surface area contributed by atoms with Crippen LogP contribution in [0.4, 0.5) is 14.9 Å². The summed E-state index contributed by atoms with van der Waals surface area (Å²) < 4.78 is 13.8. The van der Waals surface area contributed by atoms with Gasteiger partial charge in [0.25, 0.3) is 0 Å². The van der Waals surface area contributed by atoms with Crippen LogP contribution < -0.4 is 4.90 Å². The number of carbonyl (C=O) groups excluding carboxylic acids is 1. The second-order valence-corrected chi connectivity index (χ2v) is 6.61.